The first-order valence-electron chi connectivity index (χ1n) is 40.3. The molecule has 0 saturated carbocycles. The molecule has 12 aromatic rings. The van der Waals surface area contributed by atoms with Crippen LogP contribution in [0.25, 0.3) is 44.5 Å². The Labute approximate surface area is 710 Å². The highest BCUT2D eigenvalue weighted by Crippen LogP contribution is 2.32. The average Bonchev–Trinajstić information content (AvgIpc) is 0.791. The monoisotopic (exact) mass is 1670 g/mol. The Morgan fingerprint density at radius 1 is 0.430 bits per heavy atom. The molecule has 0 fully saturated rings. The van der Waals surface area contributed by atoms with Gasteiger partial charge in [-0.25, -0.2) is 31.7 Å². The minimum atomic E-state index is -3.15. The number of benzene rings is 8. The predicted octanol–water partition coefficient (Wildman–Crippen LogP) is 21.9. The summed E-state index contributed by atoms with van der Waals surface area (Å²) in [4.78, 5) is 72.6. The molecular formula is C98H106F4N10O7S2. The third kappa shape index (κ3) is 26.1. The van der Waals surface area contributed by atoms with Gasteiger partial charge in [0.15, 0.2) is 11.6 Å². The summed E-state index contributed by atoms with van der Waals surface area (Å²) in [5, 5.41) is 0. The number of carbonyl (C=O) groups is 4. The average molecular weight is 1680 g/mol. The molecule has 4 aromatic heterocycles. The first-order valence-corrected chi connectivity index (χ1v) is 43.8. The number of aryl methyl sites for hydroxylation is 7. The fourth-order valence-corrected chi connectivity index (χ4v) is 16.1. The molecule has 23 heteroatoms. The Morgan fingerprint density at radius 2 is 0.868 bits per heavy atom. The summed E-state index contributed by atoms with van der Waals surface area (Å²) in [5.74, 6) is -1.77. The van der Waals surface area contributed by atoms with Gasteiger partial charge < -0.3 is 24.3 Å². The van der Waals surface area contributed by atoms with Crippen molar-refractivity contribution in [3.8, 4) is 50.4 Å². The highest BCUT2D eigenvalue weighted by molar-refractivity contribution is 7.92. The number of methoxy groups -OCH3 is 1. The van der Waals surface area contributed by atoms with Gasteiger partial charge in [-0.3, -0.25) is 29.1 Å². The lowest BCUT2D eigenvalue weighted by atomic mass is 9.99. The highest BCUT2D eigenvalue weighted by Gasteiger charge is 2.20. The predicted molar refractivity (Wildman–Crippen MR) is 480 cm³/mol. The minimum Gasteiger partial charge on any atom is -0.481 e. The van der Waals surface area contributed by atoms with Crippen molar-refractivity contribution < 1.29 is 49.9 Å². The number of anilines is 4. The molecule has 2 unspecified atom stereocenters. The van der Waals surface area contributed by atoms with Crippen LogP contribution < -0.4 is 24.3 Å². The molecule has 0 saturated heterocycles. The largest absolute Gasteiger partial charge is 0.481 e. The number of nitrogens with one attached hydrogen (secondary N) is 2. The first kappa shape index (κ1) is 92.5. The molecule has 2 atom stereocenters. The molecule has 0 aliphatic rings. The van der Waals surface area contributed by atoms with Gasteiger partial charge in [0.2, 0.25) is 29.6 Å². The molecular weight excluding hydrogens is 1570 g/mol. The molecule has 0 aliphatic heterocycles. The number of ether oxygens (including phenoxy) is 1. The standard InChI is InChI=1S/C25H28FN3O2S.C25H27FN2O.C25H28N2O2.C23H23F2N3O2S/c1-5-25(30)29(4)24-13-10-21(16-23(24)26)20-8-11-22(12-9-20)32(27,31)15-14-19-7-6-17(2)28-18(19)3;1-4-16-28(3)24-13-11-22(17-23(24)26)20-7-9-21(10-8-20)25(29)14-12-19-6-5-15-27-18(19)2;1-4-17-27(2)23-13-11-21(12-14-23)20-7-9-22(10-8-20)24(28)15-5-19-6-16-25(29-3)26-18-19;1-3-22(29)28(2)19-9-4-16(5-10-19)17-6-11-20(12-7-17)31(26,30)15-14-18-8-13-21(24)27-23(18)25/h6-13,16,27H,5,14-15H2,1-4H3;5-11,13,15,17H,4,12,14,16H2,1-3H3;6-14,16,18H,4-5,15,17H2,1-3H3;4-13,26H,3,14-15H2,1-2H3. The number of aromatic nitrogens is 4. The number of ketones is 2. The van der Waals surface area contributed by atoms with Gasteiger partial charge in [-0.1, -0.05) is 155 Å². The van der Waals surface area contributed by atoms with E-state index < -0.39 is 37.2 Å². The van der Waals surface area contributed by atoms with Gasteiger partial charge in [0, 0.05) is 152 Å². The number of Topliss-reactive ketones (excluding diaryl/α,β-unsaturated/α-hetero) is 2. The second-order valence-electron chi connectivity index (χ2n) is 29.4. The third-order valence-electron chi connectivity index (χ3n) is 20.8. The fourth-order valence-electron chi connectivity index (χ4n) is 13.5. The van der Waals surface area contributed by atoms with Crippen LogP contribution in [-0.4, -0.2) is 112 Å². The summed E-state index contributed by atoms with van der Waals surface area (Å²) < 4.78 is 103. The van der Waals surface area contributed by atoms with Crippen molar-refractivity contribution >= 4 is 65.6 Å². The molecule has 0 bridgehead atoms. The van der Waals surface area contributed by atoms with Crippen molar-refractivity contribution in [2.45, 2.75) is 122 Å². The summed E-state index contributed by atoms with van der Waals surface area (Å²) >= 11 is 0. The second kappa shape index (κ2) is 44.1. The first-order chi connectivity index (χ1) is 57.9. The number of halogens is 4. The molecule has 0 aliphatic carbocycles. The van der Waals surface area contributed by atoms with E-state index in [0.717, 1.165) is 116 Å². The highest BCUT2D eigenvalue weighted by atomic mass is 32.2. The van der Waals surface area contributed by atoms with E-state index in [4.69, 9.17) is 14.3 Å². The maximum Gasteiger partial charge on any atom is 0.226 e. The number of carbonyl (C=O) groups excluding carboxylic acids is 4. The van der Waals surface area contributed by atoms with Gasteiger partial charge in [-0.2, -0.15) is 13.8 Å². The van der Waals surface area contributed by atoms with E-state index in [-0.39, 0.29) is 58.4 Å². The molecule has 4 heterocycles. The van der Waals surface area contributed by atoms with E-state index in [1.807, 2.05) is 161 Å². The van der Waals surface area contributed by atoms with Gasteiger partial charge in [0.05, 0.1) is 37.9 Å². The zero-order chi connectivity index (χ0) is 87.5. The van der Waals surface area contributed by atoms with Crippen molar-refractivity contribution in [1.82, 2.24) is 19.9 Å². The lowest BCUT2D eigenvalue weighted by Crippen LogP contribution is -2.25. The quantitative estimate of drug-likeness (QED) is 0.0235. The lowest BCUT2D eigenvalue weighted by Gasteiger charge is -2.19. The van der Waals surface area contributed by atoms with E-state index in [1.165, 1.54) is 22.7 Å². The number of hydrogen-bond donors (Lipinski definition) is 2. The normalized spacial score (nSPS) is 11.8. The van der Waals surface area contributed by atoms with Crippen LogP contribution >= 0.6 is 0 Å². The fraction of sp³-hybridized carbons (Fsp3) is 0.265. The van der Waals surface area contributed by atoms with Crippen LogP contribution in [0.1, 0.15) is 126 Å². The summed E-state index contributed by atoms with van der Waals surface area (Å²) in [6, 6.07) is 68.9. The maximum absolute atomic E-state index is 14.6. The molecule has 630 valence electrons. The van der Waals surface area contributed by atoms with Crippen molar-refractivity contribution in [3.63, 3.8) is 0 Å². The molecule has 8 aromatic carbocycles. The van der Waals surface area contributed by atoms with Crippen LogP contribution in [-0.2, 0) is 54.7 Å². The van der Waals surface area contributed by atoms with E-state index in [9.17, 15) is 45.2 Å². The van der Waals surface area contributed by atoms with E-state index in [1.54, 1.807) is 112 Å². The van der Waals surface area contributed by atoms with E-state index >= 15 is 0 Å². The Kier molecular flexibility index (Phi) is 33.7. The number of amides is 2. The number of nitrogens with zero attached hydrogens (tertiary/aromatic N) is 8. The number of rotatable bonds is 31. The smallest absolute Gasteiger partial charge is 0.226 e. The zero-order valence-electron chi connectivity index (χ0n) is 70.8. The van der Waals surface area contributed by atoms with Crippen LogP contribution in [0.2, 0.25) is 0 Å². The Hall–Kier alpha value is -12.3. The molecule has 2 amide bonds. The molecule has 17 nitrogen and oxygen atoms in total. The van der Waals surface area contributed by atoms with Crippen LogP contribution in [0.3, 0.4) is 0 Å². The summed E-state index contributed by atoms with van der Waals surface area (Å²) in [6.45, 7) is 15.5. The minimum absolute atomic E-state index is 0.0225. The molecule has 0 radical (unpaired) electrons. The molecule has 12 rings (SSSR count). The summed E-state index contributed by atoms with van der Waals surface area (Å²) in [5.41, 5.74) is 17.5. The van der Waals surface area contributed by atoms with E-state index in [0.29, 0.717) is 77.4 Å². The van der Waals surface area contributed by atoms with E-state index in [2.05, 4.69) is 70.0 Å². The van der Waals surface area contributed by atoms with Crippen LogP contribution in [0.15, 0.2) is 253 Å². The van der Waals surface area contributed by atoms with Crippen LogP contribution in [0, 0.1) is 53.9 Å². The van der Waals surface area contributed by atoms with Crippen LogP contribution in [0.5, 0.6) is 5.88 Å². The van der Waals surface area contributed by atoms with Crippen molar-refractivity contribution in [3.05, 3.63) is 317 Å². The molecule has 0 spiro atoms. The SMILES string of the molecule is CCC(=O)N(C)c1ccc(-c2ccc(S(=N)(=O)CCc3ccc(C)nc3C)cc2)cc1F.CCC(=O)N(C)c1ccc(-c2ccc(S(=N)(=O)CCc3ccc(F)nc3F)cc2)cc1.CCCN(C)c1ccc(-c2ccc(C(=O)CCc3ccc(OC)nc3)cc2)cc1.CCCN(C)c1ccc(-c2ccc(C(=O)CCc3cccnc3C)cc2)cc1F. The third-order valence-corrected chi connectivity index (χ3v) is 24.5. The second-order valence-corrected chi connectivity index (χ2v) is 33.9. The molecule has 121 heavy (non-hydrogen) atoms. The zero-order valence-corrected chi connectivity index (χ0v) is 72.4. The van der Waals surface area contributed by atoms with Crippen LogP contribution in [0.4, 0.5) is 40.3 Å². The Morgan fingerprint density at radius 3 is 1.33 bits per heavy atom. The maximum atomic E-state index is 14.6. The van der Waals surface area contributed by atoms with Gasteiger partial charge in [0.25, 0.3) is 0 Å². The van der Waals surface area contributed by atoms with Crippen molar-refractivity contribution in [2.24, 2.45) is 0 Å². The number of hydrogen-bond acceptors (Lipinski definition) is 15. The molecule has 2 N–H and O–H groups in total. The van der Waals surface area contributed by atoms with Gasteiger partial charge in [-0.15, -0.1) is 0 Å². The lowest BCUT2D eigenvalue weighted by molar-refractivity contribution is -0.118. The summed E-state index contributed by atoms with van der Waals surface area (Å²) in [6.07, 6.45) is 9.13. The van der Waals surface area contributed by atoms with Crippen molar-refractivity contribution in [2.75, 3.05) is 79.5 Å². The topological polar surface area (TPSA) is 224 Å². The van der Waals surface area contributed by atoms with Gasteiger partial charge in [-0.05, 0) is 218 Å². The summed E-state index contributed by atoms with van der Waals surface area (Å²) in [7, 11) is 2.77. The number of pyridine rings is 4. The van der Waals surface area contributed by atoms with Gasteiger partial charge in [0.1, 0.15) is 11.6 Å². The Balaban J connectivity index is 0.000000184. The van der Waals surface area contributed by atoms with Gasteiger partial charge >= 0.3 is 0 Å². The Bertz CT molecular complexity index is 5730. The van der Waals surface area contributed by atoms with Crippen molar-refractivity contribution in [1.29, 1.82) is 9.56 Å².